The Morgan fingerprint density at radius 2 is 1.64 bits per heavy atom. The molecule has 2 aromatic heterocycles. The van der Waals surface area contributed by atoms with Gasteiger partial charge in [0.2, 0.25) is 11.8 Å². The summed E-state index contributed by atoms with van der Waals surface area (Å²) in [5.41, 5.74) is 7.38. The van der Waals surface area contributed by atoms with Gasteiger partial charge in [-0.05, 0) is 30.9 Å². The lowest BCUT2D eigenvalue weighted by Crippen LogP contribution is -2.37. The maximum absolute atomic E-state index is 16.1. The SMILES string of the molecule is CC.CC.COc1nc(N)nc2c1ncn2C(C)C(F)C(COP(NC(C)C(=O)OCc1ccccc1)Oc1cccc2ccccc12)OC. The third-order valence-corrected chi connectivity index (χ3v) is 8.67. The van der Waals surface area contributed by atoms with Crippen molar-refractivity contribution in [1.82, 2.24) is 24.6 Å². The first kappa shape index (κ1) is 40.0. The second-order valence-electron chi connectivity index (χ2n) is 10.4. The second-order valence-corrected chi connectivity index (χ2v) is 11.7. The van der Waals surface area contributed by atoms with E-state index in [1.807, 2.05) is 94.4 Å². The Labute approximate surface area is 294 Å². The lowest BCUT2D eigenvalue weighted by Gasteiger charge is -2.28. The van der Waals surface area contributed by atoms with Crippen molar-refractivity contribution in [3.05, 3.63) is 84.7 Å². The molecule has 5 atom stereocenters. The second kappa shape index (κ2) is 20.3. The van der Waals surface area contributed by atoms with Crippen molar-refractivity contribution in [2.45, 2.75) is 72.5 Å². The standard InChI is InChI=1S/C32H36FN6O6P.2C2H6/c1-20(31(40)43-17-22-11-6-5-7-12-22)38-46(45-25-16-10-14-23-13-8-9-15-24(23)25)44-18-26(41-3)27(33)21(2)39-19-35-28-29(39)36-32(34)37-30(28)42-4;2*1-2/h5-16,19-21,26-27,38H,17-18H2,1-4H3,(H2,34,36,37);2*1-2H3. The van der Waals surface area contributed by atoms with Gasteiger partial charge in [0, 0.05) is 12.5 Å². The molecule has 0 aliphatic rings. The summed E-state index contributed by atoms with van der Waals surface area (Å²) in [4.78, 5) is 25.5. The molecule has 3 N–H and O–H groups in total. The smallest absolute Gasteiger partial charge is 0.323 e. The molecule has 14 heteroatoms. The van der Waals surface area contributed by atoms with Gasteiger partial charge in [-0.25, -0.2) is 14.5 Å². The maximum Gasteiger partial charge on any atom is 0.323 e. The number of aromatic nitrogens is 4. The van der Waals surface area contributed by atoms with E-state index in [2.05, 4.69) is 20.0 Å². The highest BCUT2D eigenvalue weighted by Crippen LogP contribution is 2.40. The fourth-order valence-electron chi connectivity index (χ4n) is 4.76. The molecule has 2 heterocycles. The van der Waals surface area contributed by atoms with Crippen LogP contribution in [0.4, 0.5) is 10.3 Å². The summed E-state index contributed by atoms with van der Waals surface area (Å²) in [5.74, 6) is 0.204. The van der Waals surface area contributed by atoms with Gasteiger partial charge in [-0.1, -0.05) is 94.4 Å². The van der Waals surface area contributed by atoms with Crippen LogP contribution in [0.25, 0.3) is 21.9 Å². The molecule has 0 spiro atoms. The van der Waals surface area contributed by atoms with E-state index in [1.165, 1.54) is 20.5 Å². The number of rotatable bonds is 15. The van der Waals surface area contributed by atoms with E-state index in [9.17, 15) is 4.79 Å². The van der Waals surface area contributed by atoms with Crippen molar-refractivity contribution in [3.8, 4) is 11.6 Å². The first-order valence-electron chi connectivity index (χ1n) is 16.6. The predicted molar refractivity (Wildman–Crippen MR) is 196 cm³/mol. The molecule has 270 valence electrons. The van der Waals surface area contributed by atoms with Crippen molar-refractivity contribution in [2.24, 2.45) is 0 Å². The van der Waals surface area contributed by atoms with Gasteiger partial charge in [-0.3, -0.25) is 4.79 Å². The van der Waals surface area contributed by atoms with Crippen LogP contribution in [-0.4, -0.2) is 64.6 Å². The average Bonchev–Trinajstić information content (AvgIpc) is 3.59. The number of nitrogen functional groups attached to an aromatic ring is 1. The van der Waals surface area contributed by atoms with Crippen LogP contribution in [-0.2, 0) is 25.4 Å². The Balaban J connectivity index is 0.00000163. The first-order chi connectivity index (χ1) is 24.3. The van der Waals surface area contributed by atoms with Gasteiger partial charge < -0.3 is 33.6 Å². The number of nitrogens with zero attached hydrogens (tertiary/aromatic N) is 4. The van der Waals surface area contributed by atoms with Crippen LogP contribution in [0.5, 0.6) is 11.6 Å². The van der Waals surface area contributed by atoms with Gasteiger partial charge in [0.25, 0.3) is 0 Å². The molecule has 0 fully saturated rings. The number of anilines is 1. The molecule has 12 nitrogen and oxygen atoms in total. The third kappa shape index (κ3) is 10.3. The van der Waals surface area contributed by atoms with E-state index in [-0.39, 0.29) is 25.0 Å². The lowest BCUT2D eigenvalue weighted by atomic mass is 10.1. The number of esters is 1. The summed E-state index contributed by atoms with van der Waals surface area (Å²) in [7, 11) is 0.853. The van der Waals surface area contributed by atoms with Crippen LogP contribution in [0.1, 0.15) is 53.1 Å². The van der Waals surface area contributed by atoms with E-state index in [0.717, 1.165) is 16.3 Å². The number of nitrogens with two attached hydrogens (primary N) is 1. The van der Waals surface area contributed by atoms with E-state index in [1.54, 1.807) is 24.5 Å². The van der Waals surface area contributed by atoms with Crippen LogP contribution in [0.3, 0.4) is 0 Å². The summed E-state index contributed by atoms with van der Waals surface area (Å²) < 4.78 is 46.4. The molecule has 3 aromatic carbocycles. The molecule has 0 radical (unpaired) electrons. The number of benzene rings is 3. The quantitative estimate of drug-likeness (QED) is 0.0819. The first-order valence-corrected chi connectivity index (χ1v) is 17.7. The Morgan fingerprint density at radius 3 is 2.34 bits per heavy atom. The fourth-order valence-corrected chi connectivity index (χ4v) is 5.98. The molecule has 0 bridgehead atoms. The molecule has 5 unspecified atom stereocenters. The summed E-state index contributed by atoms with van der Waals surface area (Å²) >= 11 is 0. The Hall–Kier alpha value is -4.42. The minimum absolute atomic E-state index is 0.0287. The minimum Gasteiger partial charge on any atom is -0.479 e. The van der Waals surface area contributed by atoms with Crippen molar-refractivity contribution in [1.29, 1.82) is 0 Å². The summed E-state index contributed by atoms with van der Waals surface area (Å²) in [6.45, 7) is 11.2. The number of nitrogens with one attached hydrogen (secondary N) is 1. The molecular weight excluding hydrogens is 662 g/mol. The molecule has 0 amide bonds. The van der Waals surface area contributed by atoms with Crippen LogP contribution >= 0.6 is 8.53 Å². The number of halogens is 1. The van der Waals surface area contributed by atoms with Crippen molar-refractivity contribution in [3.63, 3.8) is 0 Å². The summed E-state index contributed by atoms with van der Waals surface area (Å²) in [6.07, 6.45) is -1.16. The monoisotopic (exact) mass is 710 g/mol. The number of hydrogen-bond acceptors (Lipinski definition) is 11. The highest BCUT2D eigenvalue weighted by molar-refractivity contribution is 7.45. The molecule has 0 aliphatic carbocycles. The number of ether oxygens (including phenoxy) is 3. The largest absolute Gasteiger partial charge is 0.479 e. The van der Waals surface area contributed by atoms with E-state index in [0.29, 0.717) is 16.9 Å². The summed E-state index contributed by atoms with van der Waals surface area (Å²) in [6, 6.07) is 21.1. The summed E-state index contributed by atoms with van der Waals surface area (Å²) in [5, 5.41) is 4.91. The van der Waals surface area contributed by atoms with Crippen molar-refractivity contribution < 1.29 is 32.4 Å². The van der Waals surface area contributed by atoms with Gasteiger partial charge in [0.15, 0.2) is 11.2 Å². The molecule has 5 aromatic rings. The number of imidazole rings is 1. The van der Waals surface area contributed by atoms with Gasteiger partial charge >= 0.3 is 14.5 Å². The van der Waals surface area contributed by atoms with Crippen LogP contribution in [0.2, 0.25) is 0 Å². The van der Waals surface area contributed by atoms with Gasteiger partial charge in [-0.15, -0.1) is 0 Å². The Morgan fingerprint density at radius 1 is 0.960 bits per heavy atom. The van der Waals surface area contributed by atoms with Gasteiger partial charge in [-0.2, -0.15) is 9.97 Å². The third-order valence-electron chi connectivity index (χ3n) is 7.32. The topological polar surface area (TPSA) is 145 Å². The molecule has 0 aliphatic heterocycles. The highest BCUT2D eigenvalue weighted by atomic mass is 31.2. The van der Waals surface area contributed by atoms with Crippen molar-refractivity contribution >= 4 is 42.4 Å². The number of alkyl halides is 1. The molecular formula is C36H48FN6O6P. The highest BCUT2D eigenvalue weighted by Gasteiger charge is 2.32. The molecule has 0 saturated heterocycles. The molecule has 50 heavy (non-hydrogen) atoms. The maximum atomic E-state index is 16.1. The lowest BCUT2D eigenvalue weighted by molar-refractivity contribution is -0.146. The van der Waals surface area contributed by atoms with E-state index >= 15 is 4.39 Å². The van der Waals surface area contributed by atoms with Crippen LogP contribution < -0.4 is 20.1 Å². The van der Waals surface area contributed by atoms with Gasteiger partial charge in [0.05, 0.1) is 26.1 Å². The van der Waals surface area contributed by atoms with Gasteiger partial charge in [0.1, 0.15) is 30.7 Å². The van der Waals surface area contributed by atoms with Crippen molar-refractivity contribution in [2.75, 3.05) is 26.6 Å². The predicted octanol–water partition coefficient (Wildman–Crippen LogP) is 7.58. The normalized spacial score (nSPS) is 13.9. The zero-order chi connectivity index (χ0) is 36.6. The van der Waals surface area contributed by atoms with E-state index < -0.39 is 38.9 Å². The minimum atomic E-state index is -1.98. The van der Waals surface area contributed by atoms with E-state index in [4.69, 9.17) is 29.0 Å². The molecule has 0 saturated carbocycles. The molecule has 5 rings (SSSR count). The number of fused-ring (bicyclic) bond motifs is 2. The number of methoxy groups -OCH3 is 2. The number of carbonyl (C=O) groups is 1. The van der Waals surface area contributed by atoms with Crippen LogP contribution in [0.15, 0.2) is 79.1 Å². The number of hydrogen-bond donors (Lipinski definition) is 2. The Kier molecular flexibility index (Phi) is 16.2. The zero-order valence-corrected chi connectivity index (χ0v) is 30.8. The Bertz CT molecular complexity index is 1760. The van der Waals surface area contributed by atoms with Crippen LogP contribution in [0, 0.1) is 0 Å². The average molecular weight is 711 g/mol. The fraction of sp³-hybridized carbons (Fsp3) is 0.389. The number of carbonyl (C=O) groups excluding carboxylic acids is 1. The zero-order valence-electron chi connectivity index (χ0n) is 29.9.